The minimum absolute atomic E-state index is 0.0467. The van der Waals surface area contributed by atoms with Crippen LogP contribution in [0, 0.1) is 17.0 Å². The van der Waals surface area contributed by atoms with Gasteiger partial charge in [-0.2, -0.15) is 0 Å². The summed E-state index contributed by atoms with van der Waals surface area (Å²) in [5.74, 6) is 0. The van der Waals surface area contributed by atoms with Gasteiger partial charge in [-0.15, -0.1) is 0 Å². The zero-order valence-electron chi connectivity index (χ0n) is 11.0. The van der Waals surface area contributed by atoms with Gasteiger partial charge < -0.3 is 9.47 Å². The van der Waals surface area contributed by atoms with Crippen LogP contribution in [-0.2, 0) is 15.9 Å². The molecule has 0 heterocycles. The molecule has 0 saturated carbocycles. The van der Waals surface area contributed by atoms with E-state index in [4.69, 9.17) is 4.74 Å². The lowest BCUT2D eigenvalue weighted by atomic mass is 10.0. The third kappa shape index (κ3) is 3.92. The highest BCUT2D eigenvalue weighted by atomic mass is 16.6. The van der Waals surface area contributed by atoms with E-state index in [1.165, 1.54) is 20.3 Å². The summed E-state index contributed by atoms with van der Waals surface area (Å²) < 4.78 is 9.57. The molecule has 0 saturated heterocycles. The van der Waals surface area contributed by atoms with E-state index in [2.05, 4.69) is 10.1 Å². The van der Waals surface area contributed by atoms with Gasteiger partial charge in [-0.3, -0.25) is 15.4 Å². The SMILES string of the molecule is COC(=O)NC(Cc1cccc([N+](=O)[O-])c1C)OC. The third-order valence-corrected chi connectivity index (χ3v) is 2.77. The monoisotopic (exact) mass is 268 g/mol. The standard InChI is InChI=1S/C12H16N2O5/c1-8-9(5-4-6-10(8)14(16)17)7-11(18-2)13-12(15)19-3/h4-6,11H,7H2,1-3H3,(H,13,15). The number of methoxy groups -OCH3 is 2. The van der Waals surface area contributed by atoms with Crippen LogP contribution in [-0.4, -0.2) is 31.5 Å². The Labute approximate surface area is 110 Å². The Morgan fingerprint density at radius 1 is 1.47 bits per heavy atom. The van der Waals surface area contributed by atoms with Crippen LogP contribution in [0.25, 0.3) is 0 Å². The first-order valence-corrected chi connectivity index (χ1v) is 5.59. The molecule has 1 aromatic carbocycles. The Bertz CT molecular complexity index is 475. The molecule has 1 atom stereocenters. The first-order chi connectivity index (χ1) is 8.99. The molecule has 19 heavy (non-hydrogen) atoms. The van der Waals surface area contributed by atoms with Crippen molar-refractivity contribution in [3.8, 4) is 0 Å². The maximum Gasteiger partial charge on any atom is 0.408 e. The molecule has 0 aromatic heterocycles. The van der Waals surface area contributed by atoms with Crippen LogP contribution in [0.4, 0.5) is 10.5 Å². The molecule has 1 aromatic rings. The van der Waals surface area contributed by atoms with E-state index in [-0.39, 0.29) is 5.69 Å². The zero-order valence-corrected chi connectivity index (χ0v) is 11.0. The van der Waals surface area contributed by atoms with Gasteiger partial charge in [0.1, 0.15) is 6.23 Å². The van der Waals surface area contributed by atoms with Crippen LogP contribution < -0.4 is 5.32 Å². The Hall–Kier alpha value is -2.15. The fraction of sp³-hybridized carbons (Fsp3) is 0.417. The lowest BCUT2D eigenvalue weighted by molar-refractivity contribution is -0.385. The number of ether oxygens (including phenoxy) is 2. The molecule has 7 nitrogen and oxygen atoms in total. The van der Waals surface area contributed by atoms with Crippen molar-refractivity contribution in [1.29, 1.82) is 0 Å². The van der Waals surface area contributed by atoms with Crippen LogP contribution in [0.15, 0.2) is 18.2 Å². The van der Waals surface area contributed by atoms with E-state index >= 15 is 0 Å². The number of rotatable bonds is 5. The fourth-order valence-electron chi connectivity index (χ4n) is 1.67. The fourth-order valence-corrected chi connectivity index (χ4v) is 1.67. The van der Waals surface area contributed by atoms with Crippen LogP contribution >= 0.6 is 0 Å². The maximum absolute atomic E-state index is 11.1. The highest BCUT2D eigenvalue weighted by molar-refractivity contribution is 5.67. The molecular weight excluding hydrogens is 252 g/mol. The molecule has 1 amide bonds. The summed E-state index contributed by atoms with van der Waals surface area (Å²) in [6, 6.07) is 4.80. The van der Waals surface area contributed by atoms with E-state index in [1.807, 2.05) is 0 Å². The average Bonchev–Trinajstić information content (AvgIpc) is 2.39. The lowest BCUT2D eigenvalue weighted by Gasteiger charge is -2.17. The Balaban J connectivity index is 2.88. The molecule has 1 N–H and O–H groups in total. The van der Waals surface area contributed by atoms with Crippen LogP contribution in [0.2, 0.25) is 0 Å². The van der Waals surface area contributed by atoms with Gasteiger partial charge in [0.25, 0.3) is 5.69 Å². The number of amides is 1. The molecule has 0 radical (unpaired) electrons. The largest absolute Gasteiger partial charge is 0.453 e. The summed E-state index contributed by atoms with van der Waals surface area (Å²) >= 11 is 0. The summed E-state index contributed by atoms with van der Waals surface area (Å²) in [5, 5.41) is 13.3. The summed E-state index contributed by atoms with van der Waals surface area (Å²) in [7, 11) is 2.69. The van der Waals surface area contributed by atoms with Crippen molar-refractivity contribution in [1.82, 2.24) is 5.32 Å². The van der Waals surface area contributed by atoms with Crippen molar-refractivity contribution in [3.63, 3.8) is 0 Å². The molecule has 7 heteroatoms. The molecule has 1 unspecified atom stereocenters. The van der Waals surface area contributed by atoms with Crippen molar-refractivity contribution in [3.05, 3.63) is 39.4 Å². The highest BCUT2D eigenvalue weighted by Gasteiger charge is 2.17. The first-order valence-electron chi connectivity index (χ1n) is 5.59. The highest BCUT2D eigenvalue weighted by Crippen LogP contribution is 2.22. The molecule has 0 aliphatic carbocycles. The first kappa shape index (κ1) is 14.9. The van der Waals surface area contributed by atoms with Crippen LogP contribution in [0.1, 0.15) is 11.1 Å². The summed E-state index contributed by atoms with van der Waals surface area (Å²) in [6.07, 6.45) is -0.901. The number of hydrogen-bond acceptors (Lipinski definition) is 5. The van der Waals surface area contributed by atoms with Gasteiger partial charge in [0.15, 0.2) is 0 Å². The average molecular weight is 268 g/mol. The normalized spacial score (nSPS) is 11.7. The van der Waals surface area contributed by atoms with Gasteiger partial charge in [-0.05, 0) is 12.5 Å². The maximum atomic E-state index is 11.1. The van der Waals surface area contributed by atoms with Gasteiger partial charge in [0.2, 0.25) is 0 Å². The summed E-state index contributed by atoms with van der Waals surface area (Å²) in [5.41, 5.74) is 1.34. The lowest BCUT2D eigenvalue weighted by Crippen LogP contribution is -2.37. The second-order valence-electron chi connectivity index (χ2n) is 3.88. The van der Waals surface area contributed by atoms with Gasteiger partial charge in [-0.25, -0.2) is 4.79 Å². The number of nitro groups is 1. The molecule has 0 fully saturated rings. The Morgan fingerprint density at radius 3 is 2.68 bits per heavy atom. The van der Waals surface area contributed by atoms with Crippen molar-refractivity contribution in [2.45, 2.75) is 19.6 Å². The van der Waals surface area contributed by atoms with Crippen LogP contribution in [0.5, 0.6) is 0 Å². The number of benzene rings is 1. The van der Waals surface area contributed by atoms with Gasteiger partial charge in [0, 0.05) is 25.2 Å². The summed E-state index contributed by atoms with van der Waals surface area (Å²) in [6.45, 7) is 1.67. The predicted octanol–water partition coefficient (Wildman–Crippen LogP) is 1.77. The van der Waals surface area contributed by atoms with Gasteiger partial charge >= 0.3 is 6.09 Å². The van der Waals surface area contributed by atoms with E-state index in [0.29, 0.717) is 12.0 Å². The quantitative estimate of drug-likeness (QED) is 0.499. The van der Waals surface area contributed by atoms with Gasteiger partial charge in [-0.1, -0.05) is 12.1 Å². The smallest absolute Gasteiger partial charge is 0.408 e. The molecule has 0 aliphatic heterocycles. The predicted molar refractivity (Wildman–Crippen MR) is 67.9 cm³/mol. The molecule has 0 bridgehead atoms. The minimum Gasteiger partial charge on any atom is -0.453 e. The Morgan fingerprint density at radius 2 is 2.16 bits per heavy atom. The number of carbonyl (C=O) groups is 1. The van der Waals surface area contributed by atoms with Crippen molar-refractivity contribution < 1.29 is 19.2 Å². The second-order valence-corrected chi connectivity index (χ2v) is 3.88. The number of carbonyl (C=O) groups excluding carboxylic acids is 1. The topological polar surface area (TPSA) is 90.7 Å². The van der Waals surface area contributed by atoms with E-state index < -0.39 is 17.2 Å². The molecule has 0 aliphatic rings. The van der Waals surface area contributed by atoms with Crippen LogP contribution in [0.3, 0.4) is 0 Å². The zero-order chi connectivity index (χ0) is 14.4. The van der Waals surface area contributed by atoms with Gasteiger partial charge in [0.05, 0.1) is 12.0 Å². The molecule has 0 spiro atoms. The number of hydrogen-bond donors (Lipinski definition) is 1. The van der Waals surface area contributed by atoms with Crippen molar-refractivity contribution >= 4 is 11.8 Å². The molecular formula is C12H16N2O5. The van der Waals surface area contributed by atoms with E-state index in [0.717, 1.165) is 5.56 Å². The van der Waals surface area contributed by atoms with E-state index in [1.54, 1.807) is 19.1 Å². The molecule has 1 rings (SSSR count). The number of nitrogens with one attached hydrogen (secondary N) is 1. The van der Waals surface area contributed by atoms with E-state index in [9.17, 15) is 14.9 Å². The van der Waals surface area contributed by atoms with Crippen molar-refractivity contribution in [2.24, 2.45) is 0 Å². The van der Waals surface area contributed by atoms with Crippen molar-refractivity contribution in [2.75, 3.05) is 14.2 Å². The Kier molecular flexibility index (Phi) is 5.25. The minimum atomic E-state index is -0.616. The number of nitro benzene ring substituents is 1. The second kappa shape index (κ2) is 6.69. The summed E-state index contributed by atoms with van der Waals surface area (Å²) in [4.78, 5) is 21.5. The third-order valence-electron chi connectivity index (χ3n) is 2.77. The number of nitrogens with zero attached hydrogens (tertiary/aromatic N) is 1. The number of alkyl carbamates (subject to hydrolysis) is 1. The molecule has 104 valence electrons.